The molecule has 0 radical (unpaired) electrons. The lowest BCUT2D eigenvalue weighted by molar-refractivity contribution is -0.142. The summed E-state index contributed by atoms with van der Waals surface area (Å²) in [6, 6.07) is 25.6. The number of carbonyl (C=O) groups is 1. The highest BCUT2D eigenvalue weighted by atomic mass is 16.5. The summed E-state index contributed by atoms with van der Waals surface area (Å²) in [5.74, 6) is -0.255. The van der Waals surface area contributed by atoms with E-state index in [4.69, 9.17) is 9.73 Å². The smallest absolute Gasteiger partial charge is 0.330 e. The Labute approximate surface area is 158 Å². The molecule has 3 aromatic carbocycles. The molecule has 0 saturated heterocycles. The van der Waals surface area contributed by atoms with Crippen LogP contribution in [0.3, 0.4) is 0 Å². The molecule has 3 aromatic rings. The number of aliphatic imine (C=N–C) groups is 1. The Morgan fingerprint density at radius 1 is 0.926 bits per heavy atom. The van der Waals surface area contributed by atoms with Crippen molar-refractivity contribution in [3.63, 3.8) is 0 Å². The average Bonchev–Trinajstić information content (AvgIpc) is 2.72. The van der Waals surface area contributed by atoms with E-state index in [2.05, 4.69) is 0 Å². The van der Waals surface area contributed by atoms with Gasteiger partial charge in [-0.25, -0.2) is 4.79 Å². The van der Waals surface area contributed by atoms with Crippen molar-refractivity contribution < 1.29 is 14.6 Å². The molecule has 136 valence electrons. The third kappa shape index (κ3) is 4.82. The molecule has 0 bridgehead atoms. The van der Waals surface area contributed by atoms with Crippen LogP contribution in [0.1, 0.15) is 16.7 Å². The van der Waals surface area contributed by atoms with E-state index < -0.39 is 12.0 Å². The standard InChI is InChI=1S/C23H21NO3/c1-27-23(26)21(16-17-9-8-14-20(25)15-17)24-22(18-10-4-2-5-11-18)19-12-6-3-7-13-19/h2-15,21,25H,16H2,1H3/t21-/m0/s1. The number of carbonyl (C=O) groups excluding carboxylic acids is 1. The summed E-state index contributed by atoms with van der Waals surface area (Å²) in [6.07, 6.45) is 0.338. The number of hydrogen-bond acceptors (Lipinski definition) is 4. The maximum absolute atomic E-state index is 12.4. The van der Waals surface area contributed by atoms with Gasteiger partial charge in [-0.05, 0) is 17.7 Å². The third-order valence-electron chi connectivity index (χ3n) is 4.19. The number of phenolic OH excluding ortho intramolecular Hbond substituents is 1. The Bertz CT molecular complexity index is 879. The van der Waals surface area contributed by atoms with Gasteiger partial charge in [-0.15, -0.1) is 0 Å². The molecule has 0 aliphatic heterocycles. The van der Waals surface area contributed by atoms with E-state index in [-0.39, 0.29) is 5.75 Å². The number of aromatic hydroxyl groups is 1. The van der Waals surface area contributed by atoms with Gasteiger partial charge >= 0.3 is 5.97 Å². The second kappa shape index (κ2) is 8.81. The summed E-state index contributed by atoms with van der Waals surface area (Å²) in [5.41, 5.74) is 3.39. The van der Waals surface area contributed by atoms with Crippen molar-refractivity contribution in [3.05, 3.63) is 102 Å². The fourth-order valence-corrected chi connectivity index (χ4v) is 2.89. The zero-order chi connectivity index (χ0) is 19.1. The van der Waals surface area contributed by atoms with Gasteiger partial charge in [-0.3, -0.25) is 4.99 Å². The quantitative estimate of drug-likeness (QED) is 0.534. The molecule has 1 atom stereocenters. The van der Waals surface area contributed by atoms with Crippen LogP contribution in [0.2, 0.25) is 0 Å². The van der Waals surface area contributed by atoms with Crippen LogP contribution < -0.4 is 0 Å². The predicted molar refractivity (Wildman–Crippen MR) is 106 cm³/mol. The number of methoxy groups -OCH3 is 1. The molecule has 0 saturated carbocycles. The Hall–Kier alpha value is -3.40. The van der Waals surface area contributed by atoms with E-state index in [1.807, 2.05) is 66.7 Å². The molecule has 3 rings (SSSR count). The van der Waals surface area contributed by atoms with Gasteiger partial charge in [0.2, 0.25) is 0 Å². The number of hydrogen-bond donors (Lipinski definition) is 1. The van der Waals surface area contributed by atoms with Crippen LogP contribution in [-0.4, -0.2) is 29.9 Å². The third-order valence-corrected chi connectivity index (χ3v) is 4.19. The van der Waals surface area contributed by atoms with Crippen LogP contribution in [0.5, 0.6) is 5.75 Å². The molecule has 0 heterocycles. The fraction of sp³-hybridized carbons (Fsp3) is 0.130. The minimum absolute atomic E-state index is 0.159. The summed E-state index contributed by atoms with van der Waals surface area (Å²) in [7, 11) is 1.36. The van der Waals surface area contributed by atoms with Crippen molar-refractivity contribution >= 4 is 11.7 Å². The Kier molecular flexibility index (Phi) is 6.00. The molecule has 0 fully saturated rings. The van der Waals surface area contributed by atoms with Crippen LogP contribution in [-0.2, 0) is 16.0 Å². The highest BCUT2D eigenvalue weighted by Crippen LogP contribution is 2.17. The summed E-state index contributed by atoms with van der Waals surface area (Å²) >= 11 is 0. The van der Waals surface area contributed by atoms with Gasteiger partial charge in [0.05, 0.1) is 12.8 Å². The van der Waals surface area contributed by atoms with Gasteiger partial charge in [0.1, 0.15) is 5.75 Å². The normalized spacial score (nSPS) is 11.4. The van der Waals surface area contributed by atoms with Gasteiger partial charge in [0.15, 0.2) is 6.04 Å². The first-order valence-corrected chi connectivity index (χ1v) is 8.72. The van der Waals surface area contributed by atoms with Gasteiger partial charge in [-0.2, -0.15) is 0 Å². The number of esters is 1. The monoisotopic (exact) mass is 359 g/mol. The lowest BCUT2D eigenvalue weighted by Crippen LogP contribution is -2.25. The maximum Gasteiger partial charge on any atom is 0.330 e. The molecule has 0 aliphatic rings. The Balaban J connectivity index is 2.04. The largest absolute Gasteiger partial charge is 0.508 e. The summed E-state index contributed by atoms with van der Waals surface area (Å²) in [5, 5.41) is 9.71. The molecular weight excluding hydrogens is 338 g/mol. The second-order valence-corrected chi connectivity index (χ2v) is 6.12. The highest BCUT2D eigenvalue weighted by Gasteiger charge is 2.21. The first-order valence-electron chi connectivity index (χ1n) is 8.72. The summed E-state index contributed by atoms with van der Waals surface area (Å²) < 4.78 is 4.98. The van der Waals surface area contributed by atoms with E-state index >= 15 is 0 Å². The first kappa shape index (κ1) is 18.4. The molecule has 0 amide bonds. The maximum atomic E-state index is 12.4. The lowest BCUT2D eigenvalue weighted by atomic mass is 10.0. The molecule has 27 heavy (non-hydrogen) atoms. The molecule has 0 aliphatic carbocycles. The van der Waals surface area contributed by atoms with Crippen LogP contribution >= 0.6 is 0 Å². The van der Waals surface area contributed by atoms with E-state index in [0.717, 1.165) is 22.4 Å². The summed E-state index contributed by atoms with van der Waals surface area (Å²) in [6.45, 7) is 0. The van der Waals surface area contributed by atoms with Crippen molar-refractivity contribution in [2.45, 2.75) is 12.5 Å². The number of nitrogens with zero attached hydrogens (tertiary/aromatic N) is 1. The Morgan fingerprint density at radius 3 is 2.04 bits per heavy atom. The first-order chi connectivity index (χ1) is 13.2. The van der Waals surface area contributed by atoms with E-state index in [1.165, 1.54) is 7.11 Å². The minimum Gasteiger partial charge on any atom is -0.508 e. The van der Waals surface area contributed by atoms with Crippen LogP contribution in [0.25, 0.3) is 0 Å². The van der Waals surface area contributed by atoms with Gasteiger partial charge in [0, 0.05) is 17.5 Å². The molecule has 0 unspecified atom stereocenters. The molecule has 0 aromatic heterocycles. The van der Waals surface area contributed by atoms with Crippen molar-refractivity contribution in [2.24, 2.45) is 4.99 Å². The zero-order valence-electron chi connectivity index (χ0n) is 15.1. The zero-order valence-corrected chi connectivity index (χ0v) is 15.1. The van der Waals surface area contributed by atoms with Crippen LogP contribution in [0.15, 0.2) is 89.9 Å². The minimum atomic E-state index is -0.716. The van der Waals surface area contributed by atoms with E-state index in [9.17, 15) is 9.90 Å². The van der Waals surface area contributed by atoms with Crippen molar-refractivity contribution in [1.82, 2.24) is 0 Å². The van der Waals surface area contributed by atoms with Crippen LogP contribution in [0, 0.1) is 0 Å². The van der Waals surface area contributed by atoms with Crippen LogP contribution in [0.4, 0.5) is 0 Å². The van der Waals surface area contributed by atoms with Gasteiger partial charge < -0.3 is 9.84 Å². The van der Waals surface area contributed by atoms with Gasteiger partial charge in [-0.1, -0.05) is 72.8 Å². The molecule has 4 nitrogen and oxygen atoms in total. The number of ether oxygens (including phenoxy) is 1. The fourth-order valence-electron chi connectivity index (χ4n) is 2.89. The van der Waals surface area contributed by atoms with Gasteiger partial charge in [0.25, 0.3) is 0 Å². The highest BCUT2D eigenvalue weighted by molar-refractivity contribution is 6.13. The van der Waals surface area contributed by atoms with Crippen molar-refractivity contribution in [1.29, 1.82) is 0 Å². The molecular formula is C23H21NO3. The number of benzene rings is 3. The predicted octanol–water partition coefficient (Wildman–Crippen LogP) is 4.01. The Morgan fingerprint density at radius 2 is 1.52 bits per heavy atom. The van der Waals surface area contributed by atoms with E-state index in [0.29, 0.717) is 6.42 Å². The van der Waals surface area contributed by atoms with Crippen molar-refractivity contribution in [3.8, 4) is 5.75 Å². The summed E-state index contributed by atoms with van der Waals surface area (Å²) in [4.78, 5) is 17.2. The van der Waals surface area contributed by atoms with E-state index in [1.54, 1.807) is 18.2 Å². The molecule has 4 heteroatoms. The molecule has 0 spiro atoms. The number of phenols is 1. The lowest BCUT2D eigenvalue weighted by Gasteiger charge is -2.15. The average molecular weight is 359 g/mol. The topological polar surface area (TPSA) is 58.9 Å². The number of rotatable bonds is 6. The SMILES string of the molecule is COC(=O)[C@H](Cc1cccc(O)c1)N=C(c1ccccc1)c1ccccc1. The molecule has 1 N–H and O–H groups in total. The second-order valence-electron chi connectivity index (χ2n) is 6.12. The van der Waals surface area contributed by atoms with Crippen molar-refractivity contribution in [2.75, 3.05) is 7.11 Å².